The maximum Gasteiger partial charge on any atom is 0.337 e. The van der Waals surface area contributed by atoms with Gasteiger partial charge in [-0.2, -0.15) is 0 Å². The maximum absolute atomic E-state index is 11.7. The highest BCUT2D eigenvalue weighted by Gasteiger charge is 2.22. The van der Waals surface area contributed by atoms with Crippen LogP contribution < -0.4 is 0 Å². The number of aliphatic imine (C=N–C) groups is 1. The minimum absolute atomic E-state index is 0.383. The van der Waals surface area contributed by atoms with E-state index in [1.54, 1.807) is 30.5 Å². The standard InChI is InChI=1S/C33H23N3O3/c1-38-33(37)27-14-12-22(13-15-27)20-34-31-29-28(25-10-6-3-7-11-25)30(39-32(29)36-21-35-31)26-18-16-24(17-19-26)23-8-4-2-5-9-23/h2-21H,1H3. The molecule has 0 N–H and O–H groups in total. The van der Waals surface area contributed by atoms with Gasteiger partial charge in [-0.15, -0.1) is 0 Å². The van der Waals surface area contributed by atoms with Gasteiger partial charge in [0, 0.05) is 17.3 Å². The molecule has 0 spiro atoms. The summed E-state index contributed by atoms with van der Waals surface area (Å²) in [5.74, 6) is 0.813. The van der Waals surface area contributed by atoms with E-state index < -0.39 is 0 Å². The lowest BCUT2D eigenvalue weighted by Gasteiger charge is -2.06. The molecule has 4 aromatic carbocycles. The van der Waals surface area contributed by atoms with Gasteiger partial charge in [-0.05, 0) is 34.4 Å². The van der Waals surface area contributed by atoms with E-state index in [1.807, 2.05) is 48.5 Å². The van der Waals surface area contributed by atoms with E-state index in [-0.39, 0.29) is 5.97 Å². The summed E-state index contributed by atoms with van der Waals surface area (Å²) in [4.78, 5) is 25.4. The summed E-state index contributed by atoms with van der Waals surface area (Å²) in [6.45, 7) is 0. The van der Waals surface area contributed by atoms with E-state index in [4.69, 9.17) is 14.1 Å². The fourth-order valence-electron chi connectivity index (χ4n) is 4.50. The van der Waals surface area contributed by atoms with E-state index in [2.05, 4.69) is 46.4 Å². The Balaban J connectivity index is 1.45. The van der Waals surface area contributed by atoms with Gasteiger partial charge >= 0.3 is 5.97 Å². The van der Waals surface area contributed by atoms with Crippen molar-refractivity contribution in [1.29, 1.82) is 0 Å². The number of nitrogens with zero attached hydrogens (tertiary/aromatic N) is 3. The molecule has 39 heavy (non-hydrogen) atoms. The summed E-state index contributed by atoms with van der Waals surface area (Å²) in [6, 6.07) is 35.6. The van der Waals surface area contributed by atoms with E-state index >= 15 is 0 Å². The van der Waals surface area contributed by atoms with Crippen LogP contribution in [0.3, 0.4) is 0 Å². The molecule has 6 heteroatoms. The second-order valence-electron chi connectivity index (χ2n) is 8.86. The summed E-state index contributed by atoms with van der Waals surface area (Å²) < 4.78 is 11.1. The van der Waals surface area contributed by atoms with Gasteiger partial charge in [-0.3, -0.25) is 0 Å². The van der Waals surface area contributed by atoms with Gasteiger partial charge in [-0.25, -0.2) is 19.8 Å². The Labute approximate surface area is 225 Å². The van der Waals surface area contributed by atoms with Gasteiger partial charge in [0.15, 0.2) is 5.82 Å². The first-order valence-corrected chi connectivity index (χ1v) is 12.4. The van der Waals surface area contributed by atoms with Crippen LogP contribution in [-0.2, 0) is 4.74 Å². The molecule has 6 aromatic rings. The molecular weight excluding hydrogens is 486 g/mol. The predicted molar refractivity (Wildman–Crippen MR) is 153 cm³/mol. The minimum Gasteiger partial charge on any atom is -0.465 e. The van der Waals surface area contributed by atoms with Crippen molar-refractivity contribution in [1.82, 2.24) is 9.97 Å². The average Bonchev–Trinajstić information content (AvgIpc) is 3.41. The van der Waals surface area contributed by atoms with Crippen molar-refractivity contribution in [2.75, 3.05) is 7.11 Å². The lowest BCUT2D eigenvalue weighted by molar-refractivity contribution is 0.0600. The topological polar surface area (TPSA) is 77.6 Å². The molecule has 0 bridgehead atoms. The Morgan fingerprint density at radius 1 is 0.744 bits per heavy atom. The number of ether oxygens (including phenoxy) is 1. The first-order chi connectivity index (χ1) is 19.2. The largest absolute Gasteiger partial charge is 0.465 e. The highest BCUT2D eigenvalue weighted by atomic mass is 16.5. The Hall–Kier alpha value is -5.36. The number of aromatic nitrogens is 2. The molecule has 0 atom stereocenters. The number of rotatable bonds is 6. The van der Waals surface area contributed by atoms with Crippen LogP contribution >= 0.6 is 0 Å². The Kier molecular flexibility index (Phi) is 6.50. The van der Waals surface area contributed by atoms with Crippen molar-refractivity contribution >= 4 is 29.1 Å². The normalized spacial score (nSPS) is 11.2. The van der Waals surface area contributed by atoms with Crippen molar-refractivity contribution in [3.63, 3.8) is 0 Å². The van der Waals surface area contributed by atoms with Crippen LogP contribution in [0.1, 0.15) is 15.9 Å². The zero-order valence-corrected chi connectivity index (χ0v) is 21.1. The smallest absolute Gasteiger partial charge is 0.337 e. The molecule has 0 radical (unpaired) electrons. The molecule has 2 aromatic heterocycles. The first-order valence-electron chi connectivity index (χ1n) is 12.4. The van der Waals surface area contributed by atoms with Crippen LogP contribution in [0.4, 0.5) is 5.82 Å². The van der Waals surface area contributed by atoms with Gasteiger partial charge in [0.1, 0.15) is 12.1 Å². The number of esters is 1. The van der Waals surface area contributed by atoms with Gasteiger partial charge in [0.2, 0.25) is 5.71 Å². The van der Waals surface area contributed by atoms with E-state index in [1.165, 1.54) is 13.4 Å². The second-order valence-corrected chi connectivity index (χ2v) is 8.86. The lowest BCUT2D eigenvalue weighted by atomic mass is 9.97. The average molecular weight is 510 g/mol. The minimum atomic E-state index is -0.383. The molecule has 188 valence electrons. The maximum atomic E-state index is 11.7. The van der Waals surface area contributed by atoms with Crippen LogP contribution in [0.2, 0.25) is 0 Å². The van der Waals surface area contributed by atoms with Gasteiger partial charge in [0.05, 0.1) is 18.1 Å². The summed E-state index contributed by atoms with van der Waals surface area (Å²) in [5, 5.41) is 0.730. The third kappa shape index (κ3) is 4.83. The molecule has 0 aliphatic rings. The monoisotopic (exact) mass is 509 g/mol. The Morgan fingerprint density at radius 2 is 1.36 bits per heavy atom. The summed E-state index contributed by atoms with van der Waals surface area (Å²) >= 11 is 0. The third-order valence-electron chi connectivity index (χ3n) is 6.45. The molecule has 0 saturated carbocycles. The van der Waals surface area contributed by atoms with E-state index in [0.717, 1.165) is 38.8 Å². The molecule has 6 rings (SSSR count). The first kappa shape index (κ1) is 24.0. The summed E-state index contributed by atoms with van der Waals surface area (Å²) in [7, 11) is 1.36. The number of hydrogen-bond acceptors (Lipinski definition) is 6. The van der Waals surface area contributed by atoms with Crippen molar-refractivity contribution < 1.29 is 13.9 Å². The van der Waals surface area contributed by atoms with Crippen LogP contribution in [-0.4, -0.2) is 29.3 Å². The molecule has 0 unspecified atom stereocenters. The number of carbonyl (C=O) groups is 1. The fourth-order valence-corrected chi connectivity index (χ4v) is 4.50. The van der Waals surface area contributed by atoms with Crippen LogP contribution in [0.5, 0.6) is 0 Å². The van der Waals surface area contributed by atoms with Crippen molar-refractivity contribution in [3.8, 4) is 33.6 Å². The van der Waals surface area contributed by atoms with Gasteiger partial charge in [-0.1, -0.05) is 97.1 Å². The zero-order chi connectivity index (χ0) is 26.6. The van der Waals surface area contributed by atoms with Gasteiger partial charge < -0.3 is 9.15 Å². The molecule has 2 heterocycles. The number of hydrogen-bond donors (Lipinski definition) is 0. The highest BCUT2D eigenvalue weighted by molar-refractivity contribution is 6.06. The van der Waals surface area contributed by atoms with Crippen LogP contribution in [0.25, 0.3) is 44.7 Å². The van der Waals surface area contributed by atoms with Gasteiger partial charge in [0.25, 0.3) is 0 Å². The number of benzene rings is 4. The quantitative estimate of drug-likeness (QED) is 0.169. The second kappa shape index (κ2) is 10.6. The molecule has 6 nitrogen and oxygen atoms in total. The van der Waals surface area contributed by atoms with Crippen LogP contribution in [0, 0.1) is 0 Å². The Morgan fingerprint density at radius 3 is 2.03 bits per heavy atom. The summed E-state index contributed by atoms with van der Waals surface area (Å²) in [6.07, 6.45) is 3.16. The van der Waals surface area contributed by atoms with E-state index in [0.29, 0.717) is 22.9 Å². The Bertz CT molecular complexity index is 1770. The van der Waals surface area contributed by atoms with Crippen LogP contribution in [0.15, 0.2) is 125 Å². The SMILES string of the molecule is COC(=O)c1ccc(C=Nc2ncnc3oc(-c4ccc(-c5ccccc5)cc4)c(-c4ccccc4)c23)cc1. The predicted octanol–water partition coefficient (Wildman–Crippen LogP) is 7.76. The van der Waals surface area contributed by atoms with E-state index in [9.17, 15) is 4.79 Å². The number of carbonyl (C=O) groups excluding carboxylic acids is 1. The molecule has 0 amide bonds. The third-order valence-corrected chi connectivity index (χ3v) is 6.45. The fraction of sp³-hybridized carbons (Fsp3) is 0.0303. The van der Waals surface area contributed by atoms with Crippen molar-refractivity contribution in [3.05, 3.63) is 127 Å². The molecule has 0 fully saturated rings. The summed E-state index contributed by atoms with van der Waals surface area (Å²) in [5.41, 5.74) is 6.82. The highest BCUT2D eigenvalue weighted by Crippen LogP contribution is 2.43. The number of furan rings is 1. The number of methoxy groups -OCH3 is 1. The number of fused-ring (bicyclic) bond motifs is 1. The molecule has 0 aliphatic heterocycles. The molecule has 0 aliphatic carbocycles. The molecule has 0 saturated heterocycles. The lowest BCUT2D eigenvalue weighted by Crippen LogP contribution is -2.00. The zero-order valence-electron chi connectivity index (χ0n) is 21.1. The van der Waals surface area contributed by atoms with Crippen molar-refractivity contribution in [2.24, 2.45) is 4.99 Å². The molecular formula is C33H23N3O3. The van der Waals surface area contributed by atoms with Crippen molar-refractivity contribution in [2.45, 2.75) is 0 Å².